The summed E-state index contributed by atoms with van der Waals surface area (Å²) in [6, 6.07) is 25.2. The number of carbonyl (C=O) groups excluding carboxylic acids is 2. The maximum absolute atomic E-state index is 12.2. The monoisotopic (exact) mass is 446 g/mol. The molecule has 2 amide bonds. The molecule has 160 valence electrons. The number of rotatable bonds is 7. The molecule has 4 rings (SSSR count). The van der Waals surface area contributed by atoms with E-state index in [0.717, 1.165) is 11.1 Å². The number of benzene rings is 3. The quantitative estimate of drug-likeness (QED) is 0.372. The van der Waals surface area contributed by atoms with Crippen LogP contribution >= 0.6 is 11.6 Å². The largest absolute Gasteiger partial charge is 0.482 e. The van der Waals surface area contributed by atoms with Crippen molar-refractivity contribution in [3.63, 3.8) is 0 Å². The molecule has 32 heavy (non-hydrogen) atoms. The van der Waals surface area contributed by atoms with Gasteiger partial charge in [0.25, 0.3) is 11.8 Å². The van der Waals surface area contributed by atoms with Crippen molar-refractivity contribution in [2.24, 2.45) is 0 Å². The molecule has 0 spiro atoms. The first kappa shape index (κ1) is 21.2. The van der Waals surface area contributed by atoms with Gasteiger partial charge >= 0.3 is 0 Å². The Kier molecular flexibility index (Phi) is 6.53. The molecule has 2 N–H and O–H groups in total. The third-order valence-corrected chi connectivity index (χ3v) is 4.86. The van der Waals surface area contributed by atoms with E-state index in [1.165, 1.54) is 6.26 Å². The van der Waals surface area contributed by atoms with Crippen molar-refractivity contribution in [2.75, 3.05) is 17.2 Å². The van der Waals surface area contributed by atoms with Gasteiger partial charge in [-0.15, -0.1) is 0 Å². The van der Waals surface area contributed by atoms with Crippen LogP contribution in [-0.4, -0.2) is 18.4 Å². The molecule has 3 aromatic carbocycles. The summed E-state index contributed by atoms with van der Waals surface area (Å²) in [5.74, 6) is -0.0385. The van der Waals surface area contributed by atoms with Crippen LogP contribution in [0.4, 0.5) is 11.4 Å². The van der Waals surface area contributed by atoms with E-state index in [4.69, 9.17) is 20.8 Å². The van der Waals surface area contributed by atoms with Crippen LogP contribution in [-0.2, 0) is 4.79 Å². The molecule has 0 aliphatic carbocycles. The van der Waals surface area contributed by atoms with Gasteiger partial charge in [0.15, 0.2) is 12.4 Å². The van der Waals surface area contributed by atoms with Crippen molar-refractivity contribution in [1.29, 1.82) is 0 Å². The van der Waals surface area contributed by atoms with E-state index < -0.39 is 0 Å². The molecule has 0 unspecified atom stereocenters. The van der Waals surface area contributed by atoms with Crippen molar-refractivity contribution in [3.8, 4) is 16.9 Å². The maximum atomic E-state index is 12.2. The molecule has 4 aromatic rings. The van der Waals surface area contributed by atoms with Gasteiger partial charge in [0.2, 0.25) is 0 Å². The fourth-order valence-electron chi connectivity index (χ4n) is 3.01. The summed E-state index contributed by atoms with van der Waals surface area (Å²) in [4.78, 5) is 24.2. The second kappa shape index (κ2) is 9.85. The van der Waals surface area contributed by atoms with Crippen LogP contribution in [0, 0.1) is 0 Å². The summed E-state index contributed by atoms with van der Waals surface area (Å²) in [5, 5.41) is 5.87. The minimum absolute atomic E-state index is 0.193. The Hall–Kier alpha value is -4.03. The Morgan fingerprint density at radius 2 is 1.53 bits per heavy atom. The summed E-state index contributed by atoms with van der Waals surface area (Å²) in [6.45, 7) is -0.193. The highest BCUT2D eigenvalue weighted by atomic mass is 35.5. The van der Waals surface area contributed by atoms with Gasteiger partial charge in [-0.1, -0.05) is 48.0 Å². The van der Waals surface area contributed by atoms with Crippen LogP contribution in [0.1, 0.15) is 10.6 Å². The molecule has 0 aliphatic rings. The highest BCUT2D eigenvalue weighted by Crippen LogP contribution is 2.30. The maximum Gasteiger partial charge on any atom is 0.291 e. The predicted octanol–water partition coefficient (Wildman–Crippen LogP) is 5.87. The van der Waals surface area contributed by atoms with Crippen LogP contribution in [0.5, 0.6) is 5.75 Å². The molecule has 0 aliphatic heterocycles. The third kappa shape index (κ3) is 5.36. The molecule has 6 nitrogen and oxygen atoms in total. The van der Waals surface area contributed by atoms with Gasteiger partial charge in [0.05, 0.1) is 11.3 Å². The zero-order chi connectivity index (χ0) is 22.3. The SMILES string of the molecule is O=C(COc1ccc(-c2ccccc2)cc1Cl)Nc1ccc(NC(=O)c2ccco2)cc1. The smallest absolute Gasteiger partial charge is 0.291 e. The number of anilines is 2. The zero-order valence-electron chi connectivity index (χ0n) is 16.9. The van der Waals surface area contributed by atoms with Crippen LogP contribution in [0.2, 0.25) is 5.02 Å². The molecular formula is C25H19ClN2O4. The van der Waals surface area contributed by atoms with E-state index in [1.807, 2.05) is 36.4 Å². The lowest BCUT2D eigenvalue weighted by Crippen LogP contribution is -2.20. The standard InChI is InChI=1S/C25H19ClN2O4/c26-21-15-18(17-5-2-1-3-6-17)8-13-22(21)32-16-24(29)27-19-9-11-20(12-10-19)28-25(30)23-7-4-14-31-23/h1-15H,16H2,(H,27,29)(H,28,30). The van der Waals surface area contributed by atoms with Gasteiger partial charge in [-0.3, -0.25) is 9.59 Å². The second-order valence-electron chi connectivity index (χ2n) is 6.86. The molecule has 0 saturated carbocycles. The molecule has 0 bridgehead atoms. The van der Waals surface area contributed by atoms with E-state index in [9.17, 15) is 9.59 Å². The van der Waals surface area contributed by atoms with E-state index in [1.54, 1.807) is 48.5 Å². The first-order valence-electron chi connectivity index (χ1n) is 9.81. The van der Waals surface area contributed by atoms with Crippen LogP contribution in [0.3, 0.4) is 0 Å². The van der Waals surface area contributed by atoms with E-state index in [2.05, 4.69) is 10.6 Å². The summed E-state index contributed by atoms with van der Waals surface area (Å²) in [7, 11) is 0. The molecule has 0 atom stereocenters. The van der Waals surface area contributed by atoms with Crippen molar-refractivity contribution < 1.29 is 18.7 Å². The van der Waals surface area contributed by atoms with Crippen molar-refractivity contribution in [3.05, 3.63) is 102 Å². The Labute approximate surface area is 189 Å². The fourth-order valence-corrected chi connectivity index (χ4v) is 3.24. The van der Waals surface area contributed by atoms with Gasteiger partial charge in [-0.05, 0) is 59.7 Å². The summed E-state index contributed by atoms with van der Waals surface area (Å²) in [5.41, 5.74) is 3.15. The Morgan fingerprint density at radius 3 is 2.19 bits per heavy atom. The van der Waals surface area contributed by atoms with E-state index in [0.29, 0.717) is 22.1 Å². The number of furan rings is 1. The molecule has 0 fully saturated rings. The van der Waals surface area contributed by atoms with Gasteiger partial charge in [0.1, 0.15) is 5.75 Å². The fraction of sp³-hybridized carbons (Fsp3) is 0.0400. The topological polar surface area (TPSA) is 80.6 Å². The highest BCUT2D eigenvalue weighted by molar-refractivity contribution is 6.32. The highest BCUT2D eigenvalue weighted by Gasteiger charge is 2.10. The summed E-state index contributed by atoms with van der Waals surface area (Å²) in [6.07, 6.45) is 1.43. The average molecular weight is 447 g/mol. The molecule has 7 heteroatoms. The number of nitrogens with one attached hydrogen (secondary N) is 2. The zero-order valence-corrected chi connectivity index (χ0v) is 17.6. The van der Waals surface area contributed by atoms with Gasteiger partial charge in [0, 0.05) is 11.4 Å². The number of hydrogen-bond donors (Lipinski definition) is 2. The number of ether oxygens (including phenoxy) is 1. The molecule has 0 saturated heterocycles. The lowest BCUT2D eigenvalue weighted by molar-refractivity contribution is -0.118. The van der Waals surface area contributed by atoms with E-state index >= 15 is 0 Å². The summed E-state index contributed by atoms with van der Waals surface area (Å²) >= 11 is 6.32. The summed E-state index contributed by atoms with van der Waals surface area (Å²) < 4.78 is 10.6. The van der Waals surface area contributed by atoms with Crippen LogP contribution in [0.25, 0.3) is 11.1 Å². The normalized spacial score (nSPS) is 10.4. The minimum atomic E-state index is -0.352. The first-order chi connectivity index (χ1) is 15.6. The van der Waals surface area contributed by atoms with E-state index in [-0.39, 0.29) is 24.2 Å². The number of amides is 2. The predicted molar refractivity (Wildman–Crippen MR) is 124 cm³/mol. The van der Waals surface area contributed by atoms with Crippen LogP contribution < -0.4 is 15.4 Å². The number of hydrogen-bond acceptors (Lipinski definition) is 4. The van der Waals surface area contributed by atoms with Crippen molar-refractivity contribution >= 4 is 34.8 Å². The number of carbonyl (C=O) groups is 2. The molecular weight excluding hydrogens is 428 g/mol. The van der Waals surface area contributed by atoms with Gasteiger partial charge < -0.3 is 19.8 Å². The Balaban J connectivity index is 1.30. The molecule has 0 radical (unpaired) electrons. The van der Waals surface area contributed by atoms with Crippen LogP contribution in [0.15, 0.2) is 95.6 Å². The van der Waals surface area contributed by atoms with Gasteiger partial charge in [-0.25, -0.2) is 0 Å². The number of halogens is 1. The lowest BCUT2D eigenvalue weighted by Gasteiger charge is -2.11. The lowest BCUT2D eigenvalue weighted by atomic mass is 10.1. The Bertz CT molecular complexity index is 1210. The van der Waals surface area contributed by atoms with Gasteiger partial charge in [-0.2, -0.15) is 0 Å². The molecule has 1 heterocycles. The first-order valence-corrected chi connectivity index (χ1v) is 10.2. The van der Waals surface area contributed by atoms with Crippen molar-refractivity contribution in [2.45, 2.75) is 0 Å². The molecule has 1 aromatic heterocycles. The average Bonchev–Trinajstić information content (AvgIpc) is 3.35. The third-order valence-electron chi connectivity index (χ3n) is 4.57. The second-order valence-corrected chi connectivity index (χ2v) is 7.26. The van der Waals surface area contributed by atoms with Crippen molar-refractivity contribution in [1.82, 2.24) is 0 Å². The minimum Gasteiger partial charge on any atom is -0.482 e. The Morgan fingerprint density at radius 1 is 0.812 bits per heavy atom.